The van der Waals surface area contributed by atoms with E-state index in [2.05, 4.69) is 15.1 Å². The number of likely N-dealkylation sites (tertiary alicyclic amines) is 1. The zero-order chi connectivity index (χ0) is 22.6. The Morgan fingerprint density at radius 2 is 1.91 bits per heavy atom. The molecule has 2 aromatic carbocycles. The molecule has 0 amide bonds. The molecule has 0 spiro atoms. The van der Waals surface area contributed by atoms with Gasteiger partial charge >= 0.3 is 0 Å². The molecule has 174 valence electrons. The van der Waals surface area contributed by atoms with Crippen LogP contribution in [0.3, 0.4) is 0 Å². The Hall–Kier alpha value is -3.10. The highest BCUT2D eigenvalue weighted by atomic mass is 16.6. The number of hydrogen-bond donors (Lipinski definition) is 1. The minimum Gasteiger partial charge on any atom is -0.497 e. The predicted octanol–water partition coefficient (Wildman–Crippen LogP) is 3.23. The van der Waals surface area contributed by atoms with Crippen molar-refractivity contribution in [3.8, 4) is 23.1 Å². The van der Waals surface area contributed by atoms with Gasteiger partial charge in [0.25, 0.3) is 0 Å². The number of hydrogen-bond acceptors (Lipinski definition) is 8. The van der Waals surface area contributed by atoms with Gasteiger partial charge in [0.15, 0.2) is 11.5 Å². The molecule has 1 fully saturated rings. The number of rotatable bonds is 7. The molecule has 1 saturated heterocycles. The molecule has 1 N–H and O–H groups in total. The number of fused-ring (bicyclic) bond motifs is 2. The summed E-state index contributed by atoms with van der Waals surface area (Å²) in [5.41, 5.74) is 0.856. The van der Waals surface area contributed by atoms with Gasteiger partial charge in [0, 0.05) is 11.9 Å². The maximum absolute atomic E-state index is 10.7. The van der Waals surface area contributed by atoms with Crippen LogP contribution in [0.4, 0.5) is 0 Å². The number of aliphatic hydroxyl groups excluding tert-OH is 1. The fourth-order valence-electron chi connectivity index (χ4n) is 4.41. The summed E-state index contributed by atoms with van der Waals surface area (Å²) in [4.78, 5) is 2.31. The number of nitrogens with zero attached hydrogens (tertiary/aromatic N) is 3. The molecule has 0 radical (unpaired) electrons. The van der Waals surface area contributed by atoms with E-state index in [9.17, 15) is 5.11 Å². The Morgan fingerprint density at radius 1 is 1.09 bits per heavy atom. The van der Waals surface area contributed by atoms with E-state index in [1.54, 1.807) is 13.3 Å². The van der Waals surface area contributed by atoms with Gasteiger partial charge in [0.1, 0.15) is 19.0 Å². The summed E-state index contributed by atoms with van der Waals surface area (Å²) in [5, 5.41) is 20.9. The molecule has 3 aromatic rings. The summed E-state index contributed by atoms with van der Waals surface area (Å²) in [6.07, 6.45) is 3.19. The lowest BCUT2D eigenvalue weighted by Crippen LogP contribution is -2.38. The van der Waals surface area contributed by atoms with Gasteiger partial charge in [-0.15, -0.1) is 5.10 Å². The molecule has 2 aliphatic heterocycles. The van der Waals surface area contributed by atoms with Gasteiger partial charge in [-0.2, -0.15) is 5.10 Å². The molecule has 3 heterocycles. The quantitative estimate of drug-likeness (QED) is 0.586. The van der Waals surface area contributed by atoms with Crippen molar-refractivity contribution in [1.29, 1.82) is 0 Å². The minimum atomic E-state index is -0.561. The van der Waals surface area contributed by atoms with Crippen molar-refractivity contribution in [3.05, 3.63) is 48.2 Å². The van der Waals surface area contributed by atoms with Crippen molar-refractivity contribution in [3.63, 3.8) is 0 Å². The van der Waals surface area contributed by atoms with E-state index in [0.717, 1.165) is 53.8 Å². The van der Waals surface area contributed by atoms with Crippen LogP contribution in [0, 0.1) is 5.92 Å². The maximum atomic E-state index is 10.7. The second-order valence-electron chi connectivity index (χ2n) is 8.58. The van der Waals surface area contributed by atoms with E-state index in [-0.39, 0.29) is 0 Å². The van der Waals surface area contributed by atoms with E-state index < -0.39 is 6.10 Å². The first-order valence-corrected chi connectivity index (χ1v) is 11.4. The van der Waals surface area contributed by atoms with E-state index >= 15 is 0 Å². The number of methoxy groups -OCH3 is 1. The molecule has 1 atom stereocenters. The van der Waals surface area contributed by atoms with Crippen LogP contribution in [0.1, 0.15) is 24.5 Å². The number of benzene rings is 2. The van der Waals surface area contributed by atoms with Gasteiger partial charge in [0.2, 0.25) is 5.88 Å². The molecular weight excluding hydrogens is 422 g/mol. The number of piperidine rings is 1. The third-order valence-electron chi connectivity index (χ3n) is 6.38. The number of ether oxygens (including phenoxy) is 4. The van der Waals surface area contributed by atoms with Crippen molar-refractivity contribution in [2.24, 2.45) is 5.92 Å². The third kappa shape index (κ3) is 4.96. The largest absolute Gasteiger partial charge is 0.497 e. The second kappa shape index (κ2) is 9.80. The summed E-state index contributed by atoms with van der Waals surface area (Å²) in [5.74, 6) is 3.21. The van der Waals surface area contributed by atoms with E-state index in [1.165, 1.54) is 0 Å². The highest BCUT2D eigenvalue weighted by Crippen LogP contribution is 2.33. The average molecular weight is 452 g/mol. The van der Waals surface area contributed by atoms with Crippen molar-refractivity contribution in [1.82, 2.24) is 15.1 Å². The normalized spacial score (nSPS) is 17.6. The van der Waals surface area contributed by atoms with Crippen molar-refractivity contribution < 1.29 is 24.1 Å². The molecule has 0 aliphatic carbocycles. The van der Waals surface area contributed by atoms with Crippen molar-refractivity contribution in [2.45, 2.75) is 18.9 Å². The van der Waals surface area contributed by atoms with Gasteiger partial charge in [-0.1, -0.05) is 6.07 Å². The van der Waals surface area contributed by atoms with Gasteiger partial charge in [-0.3, -0.25) is 0 Å². The third-order valence-corrected chi connectivity index (χ3v) is 6.38. The summed E-state index contributed by atoms with van der Waals surface area (Å²) < 4.78 is 22.6. The van der Waals surface area contributed by atoms with E-state index in [0.29, 0.717) is 43.9 Å². The molecule has 5 rings (SSSR count). The Bertz CT molecular complexity index is 1100. The first-order valence-electron chi connectivity index (χ1n) is 11.4. The second-order valence-corrected chi connectivity index (χ2v) is 8.58. The van der Waals surface area contributed by atoms with Gasteiger partial charge in [0.05, 0.1) is 31.4 Å². The lowest BCUT2D eigenvalue weighted by molar-refractivity contribution is 0.0784. The smallest absolute Gasteiger partial charge is 0.241 e. The van der Waals surface area contributed by atoms with Crippen molar-refractivity contribution in [2.75, 3.05) is 46.6 Å². The zero-order valence-corrected chi connectivity index (χ0v) is 18.8. The lowest BCUT2D eigenvalue weighted by Gasteiger charge is -2.33. The average Bonchev–Trinajstić information content (AvgIpc) is 2.87. The first kappa shape index (κ1) is 21.7. The standard InChI is InChI=1S/C25H29N3O5/c1-30-20-4-2-19-14-26-27-25(21(19)13-20)33-16-17-6-8-28(9-7-17)15-22(29)18-3-5-23-24(12-18)32-11-10-31-23/h2-5,12-14,17,22,29H,6-11,15-16H2,1H3/t22-/m0/s1. The van der Waals surface area contributed by atoms with Gasteiger partial charge < -0.3 is 29.0 Å². The Kier molecular flexibility index (Phi) is 6.46. The summed E-state index contributed by atoms with van der Waals surface area (Å²) in [6.45, 7) is 4.15. The Balaban J connectivity index is 1.13. The summed E-state index contributed by atoms with van der Waals surface area (Å²) in [6, 6.07) is 11.5. The molecule has 0 unspecified atom stereocenters. The first-order chi connectivity index (χ1) is 16.2. The van der Waals surface area contributed by atoms with Crippen LogP contribution < -0.4 is 18.9 Å². The van der Waals surface area contributed by atoms with Crippen LogP contribution >= 0.6 is 0 Å². The van der Waals surface area contributed by atoms with Crippen molar-refractivity contribution >= 4 is 10.8 Å². The maximum Gasteiger partial charge on any atom is 0.241 e. The van der Waals surface area contributed by atoms with Gasteiger partial charge in [-0.25, -0.2) is 0 Å². The minimum absolute atomic E-state index is 0.440. The Labute approximate surface area is 193 Å². The number of β-amino-alcohol motifs (C(OH)–C–C–N with tert-alkyl or cyclic N) is 1. The van der Waals surface area contributed by atoms with E-state index in [4.69, 9.17) is 18.9 Å². The highest BCUT2D eigenvalue weighted by molar-refractivity contribution is 5.87. The molecule has 0 bridgehead atoms. The monoisotopic (exact) mass is 451 g/mol. The van der Waals surface area contributed by atoms with E-state index in [1.807, 2.05) is 36.4 Å². The lowest BCUT2D eigenvalue weighted by atomic mass is 9.97. The molecule has 2 aliphatic rings. The summed E-state index contributed by atoms with van der Waals surface area (Å²) in [7, 11) is 1.65. The fraction of sp³-hybridized carbons (Fsp3) is 0.440. The van der Waals surface area contributed by atoms with Crippen LogP contribution in [-0.4, -0.2) is 66.8 Å². The van der Waals surface area contributed by atoms with Gasteiger partial charge in [-0.05, 0) is 67.7 Å². The highest BCUT2D eigenvalue weighted by Gasteiger charge is 2.23. The van der Waals surface area contributed by atoms with Crippen LogP contribution in [-0.2, 0) is 0 Å². The predicted molar refractivity (Wildman–Crippen MR) is 123 cm³/mol. The fourth-order valence-corrected chi connectivity index (χ4v) is 4.41. The SMILES string of the molecule is COc1ccc2cnnc(OCC3CCN(C[C@H](O)c4ccc5c(c4)OCCO5)CC3)c2c1. The molecule has 8 nitrogen and oxygen atoms in total. The van der Waals surface area contributed by atoms with Crippen LogP contribution in [0.25, 0.3) is 10.8 Å². The van der Waals surface area contributed by atoms with Crippen LogP contribution in [0.2, 0.25) is 0 Å². The Morgan fingerprint density at radius 3 is 2.73 bits per heavy atom. The summed E-state index contributed by atoms with van der Waals surface area (Å²) >= 11 is 0. The zero-order valence-electron chi connectivity index (χ0n) is 18.8. The van der Waals surface area contributed by atoms with Crippen LogP contribution in [0.5, 0.6) is 23.1 Å². The number of aromatic nitrogens is 2. The molecule has 33 heavy (non-hydrogen) atoms. The molecule has 1 aromatic heterocycles. The topological polar surface area (TPSA) is 86.2 Å². The molecular formula is C25H29N3O5. The molecule has 0 saturated carbocycles. The number of aliphatic hydroxyl groups is 1. The molecule has 8 heteroatoms. The van der Waals surface area contributed by atoms with Crippen LogP contribution in [0.15, 0.2) is 42.6 Å².